The number of hydrogen-bond acceptors (Lipinski definition) is 5. The number of carbonyl (C=O) groups is 1. The Labute approximate surface area is 201 Å². The smallest absolute Gasteiger partial charge is 0.265 e. The van der Waals surface area contributed by atoms with E-state index in [9.17, 15) is 4.79 Å². The van der Waals surface area contributed by atoms with Gasteiger partial charge in [0.25, 0.3) is 5.91 Å². The third kappa shape index (κ3) is 3.71. The number of rotatable bonds is 6. The number of amides is 1. The van der Waals surface area contributed by atoms with Gasteiger partial charge in [-0.15, -0.1) is 11.3 Å². The van der Waals surface area contributed by atoms with E-state index in [2.05, 4.69) is 34.5 Å². The standard InChI is InChI=1S/C25H27N7OS/c1-6-30-17(4)19(13-26-30)14-31-18(5)23(16(3)28-31)27-24(33)22-12-21-15(2)29-32(25(21)34-22)20-10-8-7-9-11-20/h7-13H,6,14H2,1-5H3,(H,27,33). The van der Waals surface area contributed by atoms with E-state index in [-0.39, 0.29) is 5.91 Å². The number of anilines is 1. The second-order valence-corrected chi connectivity index (χ2v) is 9.42. The Kier molecular flexibility index (Phi) is 5.57. The van der Waals surface area contributed by atoms with Crippen molar-refractivity contribution in [2.75, 3.05) is 5.32 Å². The maximum Gasteiger partial charge on any atom is 0.265 e. The van der Waals surface area contributed by atoms with Crippen molar-refractivity contribution in [1.29, 1.82) is 0 Å². The van der Waals surface area contributed by atoms with E-state index in [0.29, 0.717) is 11.4 Å². The zero-order chi connectivity index (χ0) is 24.0. The summed E-state index contributed by atoms with van der Waals surface area (Å²) in [6.45, 7) is 11.5. The number of hydrogen-bond donors (Lipinski definition) is 1. The Morgan fingerprint density at radius 1 is 1.00 bits per heavy atom. The second-order valence-electron chi connectivity index (χ2n) is 8.39. The molecule has 1 amide bonds. The van der Waals surface area contributed by atoms with Crippen molar-refractivity contribution < 1.29 is 4.79 Å². The van der Waals surface area contributed by atoms with Gasteiger partial charge in [0, 0.05) is 23.2 Å². The molecule has 5 aromatic rings. The molecule has 0 saturated heterocycles. The summed E-state index contributed by atoms with van der Waals surface area (Å²) in [4.78, 5) is 14.8. The van der Waals surface area contributed by atoms with Crippen LogP contribution in [0.15, 0.2) is 42.6 Å². The highest BCUT2D eigenvalue weighted by molar-refractivity contribution is 7.20. The number of carbonyl (C=O) groups excluding carboxylic acids is 1. The summed E-state index contributed by atoms with van der Waals surface area (Å²) in [5, 5.41) is 17.9. The molecule has 0 bridgehead atoms. The van der Waals surface area contributed by atoms with Crippen molar-refractivity contribution in [3.05, 3.63) is 75.8 Å². The number of aromatic nitrogens is 6. The molecule has 4 aromatic heterocycles. The molecule has 5 rings (SSSR count). The quantitative estimate of drug-likeness (QED) is 0.375. The summed E-state index contributed by atoms with van der Waals surface area (Å²) in [5.74, 6) is -0.138. The molecule has 1 N–H and O–H groups in total. The lowest BCUT2D eigenvalue weighted by molar-refractivity contribution is 0.103. The third-order valence-electron chi connectivity index (χ3n) is 6.21. The lowest BCUT2D eigenvalue weighted by atomic mass is 10.2. The highest BCUT2D eigenvalue weighted by Gasteiger charge is 2.20. The lowest BCUT2D eigenvalue weighted by Gasteiger charge is -2.07. The highest BCUT2D eigenvalue weighted by atomic mass is 32.1. The molecule has 1 aromatic carbocycles. The van der Waals surface area contributed by atoms with E-state index in [4.69, 9.17) is 0 Å². The molecular weight excluding hydrogens is 446 g/mol. The summed E-state index contributed by atoms with van der Waals surface area (Å²) in [7, 11) is 0. The van der Waals surface area contributed by atoms with E-state index in [1.54, 1.807) is 0 Å². The van der Waals surface area contributed by atoms with Gasteiger partial charge in [0.1, 0.15) is 4.83 Å². The van der Waals surface area contributed by atoms with Crippen LogP contribution in [0, 0.1) is 27.7 Å². The van der Waals surface area contributed by atoms with Gasteiger partial charge in [-0.05, 0) is 52.8 Å². The number of thiophene rings is 1. The van der Waals surface area contributed by atoms with Crippen LogP contribution in [0.1, 0.15) is 44.9 Å². The van der Waals surface area contributed by atoms with Gasteiger partial charge in [0.2, 0.25) is 0 Å². The van der Waals surface area contributed by atoms with Crippen LogP contribution in [0.3, 0.4) is 0 Å². The molecule has 0 fully saturated rings. The minimum atomic E-state index is -0.138. The molecule has 0 spiro atoms. The van der Waals surface area contributed by atoms with Gasteiger partial charge >= 0.3 is 0 Å². The van der Waals surface area contributed by atoms with E-state index >= 15 is 0 Å². The summed E-state index contributed by atoms with van der Waals surface area (Å²) in [6.07, 6.45) is 1.89. The molecule has 0 unspecified atom stereocenters. The Hall–Kier alpha value is -3.72. The monoisotopic (exact) mass is 473 g/mol. The fourth-order valence-electron chi connectivity index (χ4n) is 4.23. The number of nitrogens with one attached hydrogen (secondary N) is 1. The van der Waals surface area contributed by atoms with Gasteiger partial charge in [-0.25, -0.2) is 4.68 Å². The molecular formula is C25H27N7OS. The first-order valence-electron chi connectivity index (χ1n) is 11.3. The average molecular weight is 474 g/mol. The molecule has 0 saturated carbocycles. The number of para-hydroxylation sites is 1. The van der Waals surface area contributed by atoms with Crippen molar-refractivity contribution >= 4 is 33.1 Å². The summed E-state index contributed by atoms with van der Waals surface area (Å²) < 4.78 is 5.81. The van der Waals surface area contributed by atoms with E-state index in [1.807, 2.05) is 77.4 Å². The largest absolute Gasteiger partial charge is 0.318 e. The van der Waals surface area contributed by atoms with Crippen molar-refractivity contribution in [2.45, 2.75) is 47.7 Å². The zero-order valence-corrected chi connectivity index (χ0v) is 20.8. The van der Waals surface area contributed by atoms with Crippen LogP contribution in [0.5, 0.6) is 0 Å². The Bertz CT molecular complexity index is 1500. The van der Waals surface area contributed by atoms with E-state index in [1.165, 1.54) is 11.3 Å². The van der Waals surface area contributed by atoms with Crippen molar-refractivity contribution in [3.8, 4) is 5.69 Å². The molecule has 34 heavy (non-hydrogen) atoms. The van der Waals surface area contributed by atoms with Gasteiger partial charge in [0.15, 0.2) is 0 Å². The van der Waals surface area contributed by atoms with Crippen molar-refractivity contribution in [3.63, 3.8) is 0 Å². The van der Waals surface area contributed by atoms with Crippen LogP contribution < -0.4 is 5.32 Å². The van der Waals surface area contributed by atoms with Crippen molar-refractivity contribution in [2.24, 2.45) is 0 Å². The van der Waals surface area contributed by atoms with Crippen LogP contribution in [0.2, 0.25) is 0 Å². The summed E-state index contributed by atoms with van der Waals surface area (Å²) in [5.41, 5.74) is 6.59. The number of nitrogens with zero attached hydrogens (tertiary/aromatic N) is 6. The van der Waals surface area contributed by atoms with Gasteiger partial charge < -0.3 is 5.32 Å². The molecule has 0 atom stereocenters. The average Bonchev–Trinajstić information content (AvgIpc) is 3.56. The Morgan fingerprint density at radius 3 is 2.47 bits per heavy atom. The van der Waals surface area contributed by atoms with Crippen LogP contribution in [-0.2, 0) is 13.1 Å². The number of benzene rings is 1. The molecule has 0 aliphatic heterocycles. The molecule has 0 aliphatic rings. The minimum absolute atomic E-state index is 0.138. The van der Waals surface area contributed by atoms with Crippen LogP contribution in [0.4, 0.5) is 5.69 Å². The molecule has 8 nitrogen and oxygen atoms in total. The van der Waals surface area contributed by atoms with Crippen LogP contribution in [-0.4, -0.2) is 35.2 Å². The van der Waals surface area contributed by atoms with Crippen LogP contribution in [0.25, 0.3) is 15.9 Å². The molecule has 4 heterocycles. The first-order valence-corrected chi connectivity index (χ1v) is 12.1. The summed E-state index contributed by atoms with van der Waals surface area (Å²) in [6, 6.07) is 11.9. The predicted octanol–water partition coefficient (Wildman–Crippen LogP) is 5.03. The summed E-state index contributed by atoms with van der Waals surface area (Å²) >= 11 is 1.45. The number of fused-ring (bicyclic) bond motifs is 1. The molecule has 0 aliphatic carbocycles. The molecule has 0 radical (unpaired) electrons. The fourth-order valence-corrected chi connectivity index (χ4v) is 5.31. The Balaban J connectivity index is 1.42. The highest BCUT2D eigenvalue weighted by Crippen LogP contribution is 2.31. The van der Waals surface area contributed by atoms with Crippen LogP contribution >= 0.6 is 11.3 Å². The first kappa shape index (κ1) is 22.1. The van der Waals surface area contributed by atoms with Gasteiger partial charge in [-0.1, -0.05) is 18.2 Å². The minimum Gasteiger partial charge on any atom is -0.318 e. The van der Waals surface area contributed by atoms with Gasteiger partial charge in [0.05, 0.1) is 46.1 Å². The van der Waals surface area contributed by atoms with E-state index in [0.717, 1.165) is 56.5 Å². The first-order chi connectivity index (χ1) is 16.4. The third-order valence-corrected chi connectivity index (χ3v) is 7.32. The molecule has 9 heteroatoms. The van der Waals surface area contributed by atoms with Gasteiger partial charge in [-0.3, -0.25) is 14.2 Å². The lowest BCUT2D eigenvalue weighted by Crippen LogP contribution is -2.12. The zero-order valence-electron chi connectivity index (χ0n) is 20.0. The molecule has 174 valence electrons. The number of aryl methyl sites for hydroxylation is 3. The maximum atomic E-state index is 13.2. The van der Waals surface area contributed by atoms with Gasteiger partial charge in [-0.2, -0.15) is 15.3 Å². The topological polar surface area (TPSA) is 82.6 Å². The second kappa shape index (κ2) is 8.57. The SMILES string of the molecule is CCn1ncc(Cn2nc(C)c(NC(=O)c3cc4c(C)nn(-c5ccccc5)c4s3)c2C)c1C. The van der Waals surface area contributed by atoms with E-state index < -0.39 is 0 Å². The maximum absolute atomic E-state index is 13.2. The predicted molar refractivity (Wildman–Crippen MR) is 135 cm³/mol. The fraction of sp³-hybridized carbons (Fsp3) is 0.280. The normalized spacial score (nSPS) is 11.4. The Morgan fingerprint density at radius 2 is 1.76 bits per heavy atom. The van der Waals surface area contributed by atoms with Crippen molar-refractivity contribution in [1.82, 2.24) is 29.3 Å².